The molecule has 0 saturated carbocycles. The van der Waals surface area contributed by atoms with Gasteiger partial charge in [-0.1, -0.05) is 53.4 Å². The Morgan fingerprint density at radius 2 is 2.29 bits per heavy atom. The molecule has 1 unspecified atom stereocenters. The highest BCUT2D eigenvalue weighted by Crippen LogP contribution is 2.32. The Bertz CT molecular complexity index is 667. The van der Waals surface area contributed by atoms with E-state index in [1.54, 1.807) is 0 Å². The van der Waals surface area contributed by atoms with Gasteiger partial charge in [0.2, 0.25) is 5.91 Å². The Morgan fingerprint density at radius 1 is 1.48 bits per heavy atom. The number of likely N-dealkylation sites (tertiary alicyclic amines) is 1. The first-order valence-corrected chi connectivity index (χ1v) is 8.98. The van der Waals surface area contributed by atoms with Crippen LogP contribution in [0.15, 0.2) is 34.7 Å². The van der Waals surface area contributed by atoms with Crippen LogP contribution in [0.5, 0.6) is 0 Å². The van der Waals surface area contributed by atoms with Gasteiger partial charge < -0.3 is 4.90 Å². The summed E-state index contributed by atoms with van der Waals surface area (Å²) in [6.45, 7) is 0.842. The molecule has 1 fully saturated rings. The fourth-order valence-electron chi connectivity index (χ4n) is 2.57. The molecular weight excluding hydrogens is 322 g/mol. The number of carbonyl (C=O) groups is 1. The van der Waals surface area contributed by atoms with Crippen molar-refractivity contribution in [1.82, 2.24) is 15.1 Å². The summed E-state index contributed by atoms with van der Waals surface area (Å²) >= 11 is 7.86. The first-order chi connectivity index (χ1) is 10.2. The number of nitrogens with zero attached hydrogens (tertiary/aromatic N) is 2. The van der Waals surface area contributed by atoms with Crippen LogP contribution in [0.1, 0.15) is 24.4 Å². The zero-order chi connectivity index (χ0) is 14.7. The molecule has 0 spiro atoms. The predicted molar refractivity (Wildman–Crippen MR) is 88.2 cm³/mol. The summed E-state index contributed by atoms with van der Waals surface area (Å²) in [6.07, 6.45) is 2.11. The topological polar surface area (TPSA) is 49.0 Å². The minimum absolute atomic E-state index is 0.174. The number of H-pyrrole nitrogens is 1. The monoisotopic (exact) mass is 337 g/mol. The molecule has 3 rings (SSSR count). The SMILES string of the molecule is O=C(CSc1n[nH]c(=S)s1)N1CCCC1c1ccccc1. The predicted octanol–water partition coefficient (Wildman–Crippen LogP) is 3.66. The van der Waals surface area contributed by atoms with Crippen LogP contribution in [-0.2, 0) is 4.79 Å². The van der Waals surface area contributed by atoms with Crippen molar-refractivity contribution in [2.75, 3.05) is 12.3 Å². The van der Waals surface area contributed by atoms with Gasteiger partial charge in [-0.25, -0.2) is 0 Å². The van der Waals surface area contributed by atoms with E-state index < -0.39 is 0 Å². The van der Waals surface area contributed by atoms with Crippen LogP contribution in [0.2, 0.25) is 0 Å². The van der Waals surface area contributed by atoms with Crippen LogP contribution in [0, 0.1) is 3.95 Å². The lowest BCUT2D eigenvalue weighted by molar-refractivity contribution is -0.129. The fourth-order valence-corrected chi connectivity index (χ4v) is 4.54. The normalized spacial score (nSPS) is 18.1. The smallest absolute Gasteiger partial charge is 0.233 e. The summed E-state index contributed by atoms with van der Waals surface area (Å²) in [7, 11) is 0. The number of nitrogens with one attached hydrogen (secondary N) is 1. The molecule has 1 amide bonds. The standard InChI is InChI=1S/C14H15N3OS3/c18-12(9-20-14-16-15-13(19)21-14)17-8-4-7-11(17)10-5-2-1-3-6-10/h1-3,5-6,11H,4,7-9H2,(H,15,19). The molecule has 1 aromatic carbocycles. The second-order valence-corrected chi connectivity index (χ2v) is 7.71. The molecule has 0 radical (unpaired) electrons. The second kappa shape index (κ2) is 6.72. The zero-order valence-electron chi connectivity index (χ0n) is 11.3. The van der Waals surface area contributed by atoms with Crippen molar-refractivity contribution in [3.63, 3.8) is 0 Å². The summed E-state index contributed by atoms with van der Waals surface area (Å²) in [5.41, 5.74) is 1.23. The van der Waals surface area contributed by atoms with Gasteiger partial charge >= 0.3 is 0 Å². The van der Waals surface area contributed by atoms with E-state index >= 15 is 0 Å². The van der Waals surface area contributed by atoms with E-state index in [1.165, 1.54) is 28.7 Å². The third-order valence-corrected chi connectivity index (χ3v) is 5.71. The van der Waals surface area contributed by atoms with Crippen molar-refractivity contribution in [1.29, 1.82) is 0 Å². The first kappa shape index (κ1) is 14.7. The first-order valence-electron chi connectivity index (χ1n) is 6.77. The highest BCUT2D eigenvalue weighted by Gasteiger charge is 2.29. The quantitative estimate of drug-likeness (QED) is 0.683. The summed E-state index contributed by atoms with van der Waals surface area (Å²) in [5.74, 6) is 0.590. The number of rotatable bonds is 4. The number of amides is 1. The van der Waals surface area contributed by atoms with E-state index in [0.717, 1.165) is 23.7 Å². The van der Waals surface area contributed by atoms with Crippen LogP contribution in [0.3, 0.4) is 0 Å². The van der Waals surface area contributed by atoms with Gasteiger partial charge in [0.15, 0.2) is 8.29 Å². The van der Waals surface area contributed by atoms with Crippen molar-refractivity contribution in [3.8, 4) is 0 Å². The zero-order valence-corrected chi connectivity index (χ0v) is 13.8. The van der Waals surface area contributed by atoms with E-state index in [0.29, 0.717) is 9.71 Å². The van der Waals surface area contributed by atoms with Crippen molar-refractivity contribution in [2.45, 2.75) is 23.2 Å². The molecular formula is C14H15N3OS3. The van der Waals surface area contributed by atoms with E-state index in [9.17, 15) is 4.79 Å². The number of hydrogen-bond acceptors (Lipinski definition) is 5. The third-order valence-electron chi connectivity index (χ3n) is 3.50. The molecule has 1 aliphatic rings. The number of benzene rings is 1. The molecule has 7 heteroatoms. The number of aromatic amines is 1. The second-order valence-electron chi connectivity index (χ2n) is 4.82. The van der Waals surface area contributed by atoms with Gasteiger partial charge in [0, 0.05) is 6.54 Å². The van der Waals surface area contributed by atoms with Gasteiger partial charge in [0.25, 0.3) is 0 Å². The molecule has 1 N–H and O–H groups in total. The Labute approximate surface area is 136 Å². The largest absolute Gasteiger partial charge is 0.335 e. The maximum absolute atomic E-state index is 12.5. The Morgan fingerprint density at radius 3 is 3.00 bits per heavy atom. The molecule has 1 atom stereocenters. The van der Waals surface area contributed by atoms with E-state index in [1.807, 2.05) is 23.1 Å². The Hall–Kier alpha value is -1.18. The summed E-state index contributed by atoms with van der Waals surface area (Å²) < 4.78 is 1.47. The van der Waals surface area contributed by atoms with Gasteiger partial charge in [0.1, 0.15) is 0 Å². The molecule has 1 aliphatic heterocycles. The lowest BCUT2D eigenvalue weighted by Gasteiger charge is -2.24. The average Bonchev–Trinajstić information content (AvgIpc) is 3.14. The van der Waals surface area contributed by atoms with Crippen molar-refractivity contribution in [3.05, 3.63) is 39.8 Å². The van der Waals surface area contributed by atoms with Gasteiger partial charge in [-0.3, -0.25) is 9.89 Å². The molecule has 1 saturated heterocycles. The number of hydrogen-bond donors (Lipinski definition) is 1. The Kier molecular flexibility index (Phi) is 4.72. The molecule has 21 heavy (non-hydrogen) atoms. The van der Waals surface area contributed by atoms with Crippen LogP contribution in [-0.4, -0.2) is 33.3 Å². The van der Waals surface area contributed by atoms with E-state index in [4.69, 9.17) is 12.2 Å². The maximum Gasteiger partial charge on any atom is 0.233 e. The molecule has 0 bridgehead atoms. The molecule has 1 aromatic heterocycles. The average molecular weight is 337 g/mol. The van der Waals surface area contributed by atoms with Gasteiger partial charge in [-0.2, -0.15) is 5.10 Å². The van der Waals surface area contributed by atoms with Gasteiger partial charge in [-0.05, 0) is 30.6 Å². The van der Waals surface area contributed by atoms with Crippen molar-refractivity contribution < 1.29 is 4.79 Å². The number of carbonyl (C=O) groups excluding carboxylic acids is 1. The molecule has 0 aliphatic carbocycles. The summed E-state index contributed by atoms with van der Waals surface area (Å²) in [6, 6.07) is 10.5. The fraction of sp³-hybridized carbons (Fsp3) is 0.357. The molecule has 2 aromatic rings. The number of thioether (sulfide) groups is 1. The molecule has 4 nitrogen and oxygen atoms in total. The van der Waals surface area contributed by atoms with Crippen LogP contribution < -0.4 is 0 Å². The van der Waals surface area contributed by atoms with Crippen molar-refractivity contribution in [2.24, 2.45) is 0 Å². The van der Waals surface area contributed by atoms with Crippen LogP contribution in [0.4, 0.5) is 0 Å². The maximum atomic E-state index is 12.5. The van der Waals surface area contributed by atoms with Crippen LogP contribution in [0.25, 0.3) is 0 Å². The minimum Gasteiger partial charge on any atom is -0.335 e. The van der Waals surface area contributed by atoms with E-state index in [-0.39, 0.29) is 11.9 Å². The summed E-state index contributed by atoms with van der Waals surface area (Å²) in [4.78, 5) is 14.4. The lowest BCUT2D eigenvalue weighted by Crippen LogP contribution is -2.31. The number of aromatic nitrogens is 2. The molecule has 110 valence electrons. The minimum atomic E-state index is 0.174. The van der Waals surface area contributed by atoms with Crippen LogP contribution >= 0.6 is 35.3 Å². The van der Waals surface area contributed by atoms with Crippen molar-refractivity contribution >= 4 is 41.2 Å². The highest BCUT2D eigenvalue weighted by molar-refractivity contribution is 8.01. The molecule has 2 heterocycles. The Balaban J connectivity index is 1.64. The van der Waals surface area contributed by atoms with Gasteiger partial charge in [-0.15, -0.1) is 0 Å². The van der Waals surface area contributed by atoms with E-state index in [2.05, 4.69) is 22.3 Å². The highest BCUT2D eigenvalue weighted by atomic mass is 32.2. The summed E-state index contributed by atoms with van der Waals surface area (Å²) in [5, 5.41) is 6.81. The van der Waals surface area contributed by atoms with Gasteiger partial charge in [0.05, 0.1) is 11.8 Å². The third kappa shape index (κ3) is 3.53. The lowest BCUT2D eigenvalue weighted by atomic mass is 10.0.